The fourth-order valence-corrected chi connectivity index (χ4v) is 3.33. The Morgan fingerprint density at radius 2 is 2.15 bits per heavy atom. The van der Waals surface area contributed by atoms with Crippen molar-refractivity contribution in [2.24, 2.45) is 11.8 Å². The summed E-state index contributed by atoms with van der Waals surface area (Å²) in [6, 6.07) is 4.90. The molecule has 148 valence electrons. The standard InChI is InChI=1S/C20H29N3O4/c1-12-10-23(13(2)11-24)20(26)16-8-15(22-19(25)14-4-5-14)6-7-17(16)27-18(12)9-21-3/h6-8,12-14,18,21,24H,4-5,9-11H2,1-3H3,(H,22,25)/t12-,13+,18-/m1/s1. The first-order chi connectivity index (χ1) is 12.9. The van der Waals surface area contributed by atoms with Gasteiger partial charge in [-0.15, -0.1) is 0 Å². The summed E-state index contributed by atoms with van der Waals surface area (Å²) in [5.74, 6) is 0.496. The lowest BCUT2D eigenvalue weighted by molar-refractivity contribution is -0.117. The van der Waals surface area contributed by atoms with E-state index in [4.69, 9.17) is 4.74 Å². The molecule has 0 bridgehead atoms. The largest absolute Gasteiger partial charge is 0.488 e. The van der Waals surface area contributed by atoms with Gasteiger partial charge in [0, 0.05) is 30.6 Å². The van der Waals surface area contributed by atoms with Crippen molar-refractivity contribution in [3.8, 4) is 5.75 Å². The first kappa shape index (κ1) is 19.6. The second kappa shape index (κ2) is 8.27. The van der Waals surface area contributed by atoms with Gasteiger partial charge >= 0.3 is 0 Å². The van der Waals surface area contributed by atoms with Gasteiger partial charge in [-0.1, -0.05) is 6.92 Å². The number of rotatable bonds is 6. The minimum Gasteiger partial charge on any atom is -0.488 e. The molecular formula is C20H29N3O4. The molecule has 3 atom stereocenters. The van der Waals surface area contributed by atoms with Gasteiger partial charge in [-0.05, 0) is 45.0 Å². The highest BCUT2D eigenvalue weighted by molar-refractivity contribution is 6.00. The second-order valence-electron chi connectivity index (χ2n) is 7.65. The highest BCUT2D eigenvalue weighted by atomic mass is 16.5. The van der Waals surface area contributed by atoms with Crippen LogP contribution in [0, 0.1) is 11.8 Å². The zero-order chi connectivity index (χ0) is 19.6. The predicted octanol–water partition coefficient (Wildman–Crippen LogP) is 1.47. The van der Waals surface area contributed by atoms with Crippen LogP contribution in [0.25, 0.3) is 0 Å². The Morgan fingerprint density at radius 1 is 1.41 bits per heavy atom. The molecule has 1 heterocycles. The summed E-state index contributed by atoms with van der Waals surface area (Å²) in [5.41, 5.74) is 1.01. The lowest BCUT2D eigenvalue weighted by Crippen LogP contribution is -2.49. The highest BCUT2D eigenvalue weighted by Crippen LogP contribution is 2.33. The third-order valence-electron chi connectivity index (χ3n) is 5.29. The second-order valence-corrected chi connectivity index (χ2v) is 7.65. The molecular weight excluding hydrogens is 346 g/mol. The fraction of sp³-hybridized carbons (Fsp3) is 0.600. The smallest absolute Gasteiger partial charge is 0.258 e. The van der Waals surface area contributed by atoms with Crippen molar-refractivity contribution in [2.45, 2.75) is 38.8 Å². The number of aliphatic hydroxyl groups is 1. The number of amides is 2. The number of carbonyl (C=O) groups is 2. The van der Waals surface area contributed by atoms with Crippen LogP contribution in [0.1, 0.15) is 37.0 Å². The highest BCUT2D eigenvalue weighted by Gasteiger charge is 2.33. The van der Waals surface area contributed by atoms with E-state index in [2.05, 4.69) is 10.6 Å². The van der Waals surface area contributed by atoms with Crippen LogP contribution in [0.4, 0.5) is 5.69 Å². The van der Waals surface area contributed by atoms with E-state index in [-0.39, 0.29) is 42.4 Å². The first-order valence-electron chi connectivity index (χ1n) is 9.62. The molecule has 3 rings (SSSR count). The van der Waals surface area contributed by atoms with Gasteiger partial charge in [0.2, 0.25) is 5.91 Å². The van der Waals surface area contributed by atoms with Crippen LogP contribution in [-0.2, 0) is 4.79 Å². The van der Waals surface area contributed by atoms with Crippen molar-refractivity contribution in [1.82, 2.24) is 10.2 Å². The van der Waals surface area contributed by atoms with E-state index >= 15 is 0 Å². The molecule has 0 saturated heterocycles. The van der Waals surface area contributed by atoms with Gasteiger partial charge in [0.1, 0.15) is 11.9 Å². The summed E-state index contributed by atoms with van der Waals surface area (Å²) < 4.78 is 6.16. The number of fused-ring (bicyclic) bond motifs is 1. The Bertz CT molecular complexity index is 704. The molecule has 7 nitrogen and oxygen atoms in total. The predicted molar refractivity (Wildman–Crippen MR) is 103 cm³/mol. The van der Waals surface area contributed by atoms with Crippen molar-refractivity contribution in [1.29, 1.82) is 0 Å². The van der Waals surface area contributed by atoms with E-state index < -0.39 is 0 Å². The van der Waals surface area contributed by atoms with Crippen LogP contribution in [0.3, 0.4) is 0 Å². The quantitative estimate of drug-likeness (QED) is 0.701. The summed E-state index contributed by atoms with van der Waals surface area (Å²) in [4.78, 5) is 27.0. The van der Waals surface area contributed by atoms with Gasteiger partial charge in [0.15, 0.2) is 0 Å². The number of hydrogen-bond donors (Lipinski definition) is 3. The molecule has 1 aromatic carbocycles. The average molecular weight is 375 g/mol. The molecule has 27 heavy (non-hydrogen) atoms. The summed E-state index contributed by atoms with van der Waals surface area (Å²) >= 11 is 0. The average Bonchev–Trinajstić information content (AvgIpc) is 3.50. The normalized spacial score (nSPS) is 23.7. The van der Waals surface area contributed by atoms with Crippen molar-refractivity contribution >= 4 is 17.5 Å². The zero-order valence-electron chi connectivity index (χ0n) is 16.2. The number of aliphatic hydroxyl groups excluding tert-OH is 1. The number of ether oxygens (including phenoxy) is 1. The number of nitrogens with one attached hydrogen (secondary N) is 2. The van der Waals surface area contributed by atoms with Crippen LogP contribution in [-0.4, -0.2) is 60.7 Å². The lowest BCUT2D eigenvalue weighted by Gasteiger charge is -2.37. The van der Waals surface area contributed by atoms with Crippen molar-refractivity contribution in [2.75, 3.05) is 32.1 Å². The molecule has 1 aliphatic heterocycles. The topological polar surface area (TPSA) is 90.9 Å². The molecule has 2 amide bonds. The number of hydrogen-bond acceptors (Lipinski definition) is 5. The lowest BCUT2D eigenvalue weighted by atomic mass is 9.99. The van der Waals surface area contributed by atoms with Gasteiger partial charge in [0.05, 0.1) is 18.2 Å². The van der Waals surface area contributed by atoms with Gasteiger partial charge in [0.25, 0.3) is 5.91 Å². The Balaban J connectivity index is 1.94. The maximum atomic E-state index is 13.2. The van der Waals surface area contributed by atoms with Crippen LogP contribution in [0.15, 0.2) is 18.2 Å². The summed E-state index contributed by atoms with van der Waals surface area (Å²) in [7, 11) is 1.87. The van der Waals surface area contributed by atoms with Crippen LogP contribution < -0.4 is 15.4 Å². The maximum absolute atomic E-state index is 13.2. The van der Waals surface area contributed by atoms with E-state index in [0.29, 0.717) is 30.1 Å². The van der Waals surface area contributed by atoms with E-state index in [1.807, 2.05) is 20.9 Å². The summed E-state index contributed by atoms with van der Waals surface area (Å²) in [5, 5.41) is 15.6. The number of benzene rings is 1. The van der Waals surface area contributed by atoms with E-state index in [1.165, 1.54) is 0 Å². The van der Waals surface area contributed by atoms with Crippen LogP contribution in [0.2, 0.25) is 0 Å². The summed E-state index contributed by atoms with van der Waals surface area (Å²) in [6.45, 7) is 4.91. The SMILES string of the molecule is CNC[C@H]1Oc2ccc(NC(=O)C3CC3)cc2C(=O)N([C@@H](C)CO)C[C@H]1C. The maximum Gasteiger partial charge on any atom is 0.258 e. The number of anilines is 1. The van der Waals surface area contributed by atoms with E-state index in [1.54, 1.807) is 23.1 Å². The number of likely N-dealkylation sites (N-methyl/N-ethyl adjacent to an activating group) is 1. The molecule has 0 spiro atoms. The molecule has 0 aromatic heterocycles. The Kier molecular flexibility index (Phi) is 6.01. The van der Waals surface area contributed by atoms with Crippen LogP contribution >= 0.6 is 0 Å². The fourth-order valence-electron chi connectivity index (χ4n) is 3.33. The van der Waals surface area contributed by atoms with E-state index in [0.717, 1.165) is 12.8 Å². The van der Waals surface area contributed by atoms with Crippen molar-refractivity contribution < 1.29 is 19.4 Å². The van der Waals surface area contributed by atoms with Crippen molar-refractivity contribution in [3.05, 3.63) is 23.8 Å². The van der Waals surface area contributed by atoms with Gasteiger partial charge in [-0.3, -0.25) is 9.59 Å². The minimum atomic E-state index is -0.300. The third kappa shape index (κ3) is 4.42. The van der Waals surface area contributed by atoms with Gasteiger partial charge < -0.3 is 25.4 Å². The molecule has 3 N–H and O–H groups in total. The molecule has 1 aliphatic carbocycles. The minimum absolute atomic E-state index is 0.00331. The molecule has 0 unspecified atom stereocenters. The zero-order valence-corrected chi connectivity index (χ0v) is 16.2. The van der Waals surface area contributed by atoms with Crippen LogP contribution in [0.5, 0.6) is 5.75 Å². The van der Waals surface area contributed by atoms with Gasteiger partial charge in [-0.2, -0.15) is 0 Å². The van der Waals surface area contributed by atoms with Crippen molar-refractivity contribution in [3.63, 3.8) is 0 Å². The molecule has 1 aromatic rings. The number of nitrogens with zero attached hydrogens (tertiary/aromatic N) is 1. The Morgan fingerprint density at radius 3 is 2.78 bits per heavy atom. The monoisotopic (exact) mass is 375 g/mol. The van der Waals surface area contributed by atoms with E-state index in [9.17, 15) is 14.7 Å². The third-order valence-corrected chi connectivity index (χ3v) is 5.29. The molecule has 7 heteroatoms. The Labute approximate surface area is 160 Å². The molecule has 2 aliphatic rings. The molecule has 1 fully saturated rings. The molecule has 0 radical (unpaired) electrons. The molecule has 1 saturated carbocycles. The first-order valence-corrected chi connectivity index (χ1v) is 9.62. The Hall–Kier alpha value is -2.12. The van der Waals surface area contributed by atoms with Gasteiger partial charge in [-0.25, -0.2) is 0 Å². The summed E-state index contributed by atoms with van der Waals surface area (Å²) in [6.07, 6.45) is 1.73. The number of carbonyl (C=O) groups excluding carboxylic acids is 2.